The predicted octanol–water partition coefficient (Wildman–Crippen LogP) is 2.44. The number of aryl methyl sites for hydroxylation is 2. The molecule has 100 valence electrons. The van der Waals surface area contributed by atoms with E-state index in [1.54, 1.807) is 7.11 Å². The lowest BCUT2D eigenvalue weighted by Gasteiger charge is -2.15. The van der Waals surface area contributed by atoms with Crippen molar-refractivity contribution in [2.45, 2.75) is 26.4 Å². The third kappa shape index (κ3) is 2.90. The Bertz CT molecular complexity index is 553. The number of nitrogens with zero attached hydrogens (tertiary/aromatic N) is 2. The Kier molecular flexibility index (Phi) is 4.12. The summed E-state index contributed by atoms with van der Waals surface area (Å²) in [5.41, 5.74) is 3.27. The summed E-state index contributed by atoms with van der Waals surface area (Å²) in [6, 6.07) is 9.29. The lowest BCUT2D eigenvalue weighted by Crippen LogP contribution is -2.07. The van der Waals surface area contributed by atoms with Crippen molar-refractivity contribution >= 4 is 0 Å². The fourth-order valence-corrected chi connectivity index (χ4v) is 2.01. The summed E-state index contributed by atoms with van der Waals surface area (Å²) in [7, 11) is 1.62. The van der Waals surface area contributed by atoms with Gasteiger partial charge >= 0.3 is 0 Å². The van der Waals surface area contributed by atoms with Gasteiger partial charge in [0.05, 0.1) is 18.5 Å². The zero-order valence-electron chi connectivity index (χ0n) is 11.4. The van der Waals surface area contributed by atoms with Crippen LogP contribution in [0.5, 0.6) is 5.75 Å². The van der Waals surface area contributed by atoms with Crippen LogP contribution in [-0.4, -0.2) is 22.4 Å². The molecule has 4 heteroatoms. The van der Waals surface area contributed by atoms with Crippen molar-refractivity contribution in [2.75, 3.05) is 7.11 Å². The molecule has 1 heterocycles. The van der Waals surface area contributed by atoms with Crippen LogP contribution in [0.15, 0.2) is 30.3 Å². The highest BCUT2D eigenvalue weighted by atomic mass is 16.5. The van der Waals surface area contributed by atoms with Crippen molar-refractivity contribution in [3.05, 3.63) is 52.8 Å². The van der Waals surface area contributed by atoms with Crippen molar-refractivity contribution in [1.82, 2.24) is 10.2 Å². The zero-order valence-corrected chi connectivity index (χ0v) is 11.4. The number of aliphatic hydroxyl groups excluding tert-OH is 1. The molecule has 0 bridgehead atoms. The molecule has 1 aromatic heterocycles. The molecular formula is C15H18N2O2. The van der Waals surface area contributed by atoms with E-state index < -0.39 is 6.10 Å². The van der Waals surface area contributed by atoms with Crippen LogP contribution in [0.4, 0.5) is 0 Å². The number of aromatic nitrogens is 2. The van der Waals surface area contributed by atoms with Crippen molar-refractivity contribution in [3.8, 4) is 5.75 Å². The smallest absolute Gasteiger partial charge is 0.118 e. The van der Waals surface area contributed by atoms with Crippen LogP contribution in [-0.2, 0) is 6.42 Å². The fraction of sp³-hybridized carbons (Fsp3) is 0.333. The monoisotopic (exact) mass is 258 g/mol. The summed E-state index contributed by atoms with van der Waals surface area (Å²) in [6.07, 6.45) is 0.0607. The van der Waals surface area contributed by atoms with Gasteiger partial charge in [-0.15, -0.1) is 0 Å². The van der Waals surface area contributed by atoms with Crippen LogP contribution >= 0.6 is 0 Å². The summed E-state index contributed by atoms with van der Waals surface area (Å²) in [4.78, 5) is 0. The Morgan fingerprint density at radius 3 is 2.47 bits per heavy atom. The van der Waals surface area contributed by atoms with Gasteiger partial charge in [0, 0.05) is 5.56 Å². The van der Waals surface area contributed by atoms with E-state index in [2.05, 4.69) is 10.2 Å². The molecule has 0 spiro atoms. The summed E-state index contributed by atoms with van der Waals surface area (Å²) in [6.45, 7) is 3.88. The molecule has 2 rings (SSSR count). The van der Waals surface area contributed by atoms with Crippen LogP contribution in [0, 0.1) is 6.92 Å². The molecule has 4 nitrogen and oxygen atoms in total. The number of benzene rings is 1. The molecule has 1 unspecified atom stereocenters. The zero-order chi connectivity index (χ0) is 13.8. The summed E-state index contributed by atoms with van der Waals surface area (Å²) in [5.74, 6) is 0.774. The summed E-state index contributed by atoms with van der Waals surface area (Å²) in [5, 5.41) is 18.7. The Labute approximate surface area is 113 Å². The first-order chi connectivity index (χ1) is 9.15. The van der Waals surface area contributed by atoms with Crippen molar-refractivity contribution in [3.63, 3.8) is 0 Å². The van der Waals surface area contributed by atoms with Crippen LogP contribution < -0.4 is 4.74 Å². The number of hydrogen-bond acceptors (Lipinski definition) is 4. The van der Waals surface area contributed by atoms with E-state index >= 15 is 0 Å². The highest BCUT2D eigenvalue weighted by Crippen LogP contribution is 2.26. The fourth-order valence-electron chi connectivity index (χ4n) is 2.01. The van der Waals surface area contributed by atoms with E-state index in [1.807, 2.05) is 44.2 Å². The van der Waals surface area contributed by atoms with Gasteiger partial charge < -0.3 is 9.84 Å². The first-order valence-electron chi connectivity index (χ1n) is 6.30. The average Bonchev–Trinajstić information content (AvgIpc) is 2.46. The molecule has 19 heavy (non-hydrogen) atoms. The molecule has 0 aliphatic rings. The number of aliphatic hydroxyl groups is 1. The SMILES string of the molecule is CCc1nnc(C)cc1C(O)c1ccc(OC)cc1. The third-order valence-electron chi connectivity index (χ3n) is 3.09. The van der Waals surface area contributed by atoms with Gasteiger partial charge in [-0.25, -0.2) is 0 Å². The van der Waals surface area contributed by atoms with Gasteiger partial charge in [-0.2, -0.15) is 10.2 Å². The van der Waals surface area contributed by atoms with Gasteiger partial charge in [0.1, 0.15) is 11.9 Å². The van der Waals surface area contributed by atoms with Crippen molar-refractivity contribution in [1.29, 1.82) is 0 Å². The molecule has 0 aliphatic heterocycles. The summed E-state index contributed by atoms with van der Waals surface area (Å²) < 4.78 is 5.11. The van der Waals surface area contributed by atoms with Crippen LogP contribution in [0.2, 0.25) is 0 Å². The molecule has 1 N–H and O–H groups in total. The van der Waals surface area contributed by atoms with Gasteiger partial charge in [-0.1, -0.05) is 19.1 Å². The minimum Gasteiger partial charge on any atom is -0.497 e. The minimum absolute atomic E-state index is 0.685. The van der Waals surface area contributed by atoms with Gasteiger partial charge in [0.15, 0.2) is 0 Å². The van der Waals surface area contributed by atoms with Gasteiger partial charge in [-0.3, -0.25) is 0 Å². The molecule has 1 aromatic carbocycles. The minimum atomic E-state index is -0.685. The second-order valence-corrected chi connectivity index (χ2v) is 4.42. The maximum atomic E-state index is 10.5. The molecule has 0 fully saturated rings. The molecule has 1 atom stereocenters. The van der Waals surface area contributed by atoms with Gasteiger partial charge in [0.2, 0.25) is 0 Å². The third-order valence-corrected chi connectivity index (χ3v) is 3.09. The Hall–Kier alpha value is -1.94. The molecule has 0 amide bonds. The predicted molar refractivity (Wildman–Crippen MR) is 73.2 cm³/mol. The highest BCUT2D eigenvalue weighted by Gasteiger charge is 2.15. The average molecular weight is 258 g/mol. The quantitative estimate of drug-likeness (QED) is 0.915. The van der Waals surface area contributed by atoms with Crippen molar-refractivity contribution in [2.24, 2.45) is 0 Å². The first-order valence-corrected chi connectivity index (χ1v) is 6.30. The second kappa shape index (κ2) is 5.80. The lowest BCUT2D eigenvalue weighted by molar-refractivity contribution is 0.218. The van der Waals surface area contributed by atoms with Crippen LogP contribution in [0.1, 0.15) is 35.5 Å². The van der Waals surface area contributed by atoms with E-state index in [9.17, 15) is 5.11 Å². The normalized spacial score (nSPS) is 12.2. The molecule has 0 saturated carbocycles. The molecule has 0 radical (unpaired) electrons. The molecule has 2 aromatic rings. The number of hydrogen-bond donors (Lipinski definition) is 1. The second-order valence-electron chi connectivity index (χ2n) is 4.42. The Balaban J connectivity index is 2.36. The maximum absolute atomic E-state index is 10.5. The largest absolute Gasteiger partial charge is 0.497 e. The molecular weight excluding hydrogens is 240 g/mol. The molecule has 0 saturated heterocycles. The van der Waals surface area contributed by atoms with E-state index in [0.717, 1.165) is 34.7 Å². The Morgan fingerprint density at radius 1 is 1.21 bits per heavy atom. The standard InChI is InChI=1S/C15H18N2O2/c1-4-14-13(9-10(2)16-17-14)15(18)11-5-7-12(19-3)8-6-11/h5-9,15,18H,4H2,1-3H3. The Morgan fingerprint density at radius 2 is 1.89 bits per heavy atom. The summed E-state index contributed by atoms with van der Waals surface area (Å²) >= 11 is 0. The first kappa shape index (κ1) is 13.5. The van der Waals surface area contributed by atoms with E-state index in [-0.39, 0.29) is 0 Å². The number of ether oxygens (including phenoxy) is 1. The van der Waals surface area contributed by atoms with E-state index in [1.165, 1.54) is 0 Å². The van der Waals surface area contributed by atoms with E-state index in [4.69, 9.17) is 4.74 Å². The molecule has 0 aliphatic carbocycles. The van der Waals surface area contributed by atoms with Crippen LogP contribution in [0.3, 0.4) is 0 Å². The number of methoxy groups -OCH3 is 1. The topological polar surface area (TPSA) is 55.2 Å². The van der Waals surface area contributed by atoms with Gasteiger partial charge in [-0.05, 0) is 37.1 Å². The van der Waals surface area contributed by atoms with Crippen LogP contribution in [0.25, 0.3) is 0 Å². The number of rotatable bonds is 4. The van der Waals surface area contributed by atoms with Gasteiger partial charge in [0.25, 0.3) is 0 Å². The lowest BCUT2D eigenvalue weighted by atomic mass is 9.99. The maximum Gasteiger partial charge on any atom is 0.118 e. The highest BCUT2D eigenvalue weighted by molar-refractivity contribution is 5.35. The van der Waals surface area contributed by atoms with Crippen molar-refractivity contribution < 1.29 is 9.84 Å². The van der Waals surface area contributed by atoms with E-state index in [0.29, 0.717) is 0 Å².